The molecule has 4 amide bonds. The Bertz CT molecular complexity index is 1410. The van der Waals surface area contributed by atoms with Gasteiger partial charge in [-0.2, -0.15) is 0 Å². The Balaban J connectivity index is 1.79. The molecular formula is C30H38N6O6. The lowest BCUT2D eigenvalue weighted by Gasteiger charge is -2.26. The molecule has 5 atom stereocenters. The molecule has 0 saturated carbocycles. The minimum Gasteiger partial charge on any atom is -0.480 e. The summed E-state index contributed by atoms with van der Waals surface area (Å²) in [5.41, 5.74) is 13.6. The van der Waals surface area contributed by atoms with Gasteiger partial charge in [-0.3, -0.25) is 19.2 Å². The van der Waals surface area contributed by atoms with Crippen LogP contribution >= 0.6 is 0 Å². The first kappa shape index (κ1) is 31.8. The highest BCUT2D eigenvalue weighted by molar-refractivity contribution is 5.96. The van der Waals surface area contributed by atoms with Crippen LogP contribution in [0.25, 0.3) is 10.9 Å². The number of carbonyl (C=O) groups excluding carboxylic acids is 4. The molecule has 1 aromatic heterocycles. The Morgan fingerprint density at radius 1 is 0.833 bits per heavy atom. The van der Waals surface area contributed by atoms with Crippen molar-refractivity contribution in [3.63, 3.8) is 0 Å². The Morgan fingerprint density at radius 3 is 2.07 bits per heavy atom. The molecule has 0 bridgehead atoms. The van der Waals surface area contributed by atoms with E-state index < -0.39 is 60.2 Å². The molecule has 0 fully saturated rings. The van der Waals surface area contributed by atoms with E-state index in [2.05, 4.69) is 20.9 Å². The molecule has 224 valence electrons. The van der Waals surface area contributed by atoms with E-state index in [1.807, 2.05) is 38.1 Å². The number of aromatic nitrogens is 1. The molecular weight excluding hydrogens is 540 g/mol. The van der Waals surface area contributed by atoms with Crippen molar-refractivity contribution in [2.45, 2.75) is 63.7 Å². The fourth-order valence-corrected chi connectivity index (χ4v) is 4.51. The quantitative estimate of drug-likeness (QED) is 0.137. The van der Waals surface area contributed by atoms with Gasteiger partial charge in [0.05, 0.1) is 12.5 Å². The fourth-order valence-electron chi connectivity index (χ4n) is 4.51. The van der Waals surface area contributed by atoms with E-state index in [0.717, 1.165) is 16.5 Å². The first-order valence-electron chi connectivity index (χ1n) is 13.8. The molecule has 0 spiro atoms. The number of benzene rings is 2. The van der Waals surface area contributed by atoms with Gasteiger partial charge in [-0.05, 0) is 23.1 Å². The van der Waals surface area contributed by atoms with Crippen molar-refractivity contribution in [3.8, 4) is 0 Å². The van der Waals surface area contributed by atoms with Crippen molar-refractivity contribution in [1.29, 1.82) is 0 Å². The number of nitrogens with two attached hydrogens (primary N) is 2. The first-order chi connectivity index (χ1) is 20.0. The number of rotatable bonds is 15. The molecule has 0 radical (unpaired) electrons. The van der Waals surface area contributed by atoms with Gasteiger partial charge in [0.2, 0.25) is 23.6 Å². The topological polar surface area (TPSA) is 209 Å². The lowest BCUT2D eigenvalue weighted by atomic mass is 9.98. The number of aliphatic carboxylic acids is 1. The zero-order valence-electron chi connectivity index (χ0n) is 23.6. The number of hydrogen-bond acceptors (Lipinski definition) is 6. The number of nitrogens with one attached hydrogen (secondary N) is 4. The SMILES string of the molecule is CCC(C)C(N)C(=O)NC(Cc1ccccc1)C(=O)NC(CC(N)=O)C(=O)NC(Cc1c[nH]c2ccccc12)C(=O)O. The summed E-state index contributed by atoms with van der Waals surface area (Å²) in [7, 11) is 0. The molecule has 9 N–H and O–H groups in total. The van der Waals surface area contributed by atoms with Gasteiger partial charge >= 0.3 is 5.97 Å². The van der Waals surface area contributed by atoms with Crippen LogP contribution < -0.4 is 27.4 Å². The number of carbonyl (C=O) groups is 5. The normalized spacial score (nSPS) is 14.6. The maximum Gasteiger partial charge on any atom is 0.326 e. The standard InChI is InChI=1S/C30H38N6O6/c1-3-17(2)26(32)29(40)35-22(13-18-9-5-4-6-10-18)27(38)34-23(15-25(31)37)28(39)36-24(30(41)42)14-19-16-33-21-12-8-7-11-20(19)21/h4-12,16-17,22-24,26,33H,3,13-15,32H2,1-2H3,(H2,31,37)(H,34,38)(H,35,40)(H,36,39)(H,41,42). The average molecular weight is 579 g/mol. The third-order valence-electron chi connectivity index (χ3n) is 7.23. The van der Waals surface area contributed by atoms with Crippen LogP contribution in [0.2, 0.25) is 0 Å². The van der Waals surface area contributed by atoms with Gasteiger partial charge in [-0.15, -0.1) is 0 Å². The van der Waals surface area contributed by atoms with Crippen LogP contribution in [0.3, 0.4) is 0 Å². The predicted octanol–water partition coefficient (Wildman–Crippen LogP) is 0.741. The third kappa shape index (κ3) is 8.64. The summed E-state index contributed by atoms with van der Waals surface area (Å²) in [5, 5.41) is 18.2. The second-order valence-electron chi connectivity index (χ2n) is 10.4. The maximum atomic E-state index is 13.4. The monoisotopic (exact) mass is 578 g/mol. The number of para-hydroxylation sites is 1. The van der Waals surface area contributed by atoms with E-state index >= 15 is 0 Å². The van der Waals surface area contributed by atoms with Crippen LogP contribution in [0.4, 0.5) is 0 Å². The maximum absolute atomic E-state index is 13.4. The lowest BCUT2D eigenvalue weighted by molar-refractivity contribution is -0.142. The summed E-state index contributed by atoms with van der Waals surface area (Å²) in [5.74, 6) is -4.54. The molecule has 1 heterocycles. The average Bonchev–Trinajstić information content (AvgIpc) is 3.38. The van der Waals surface area contributed by atoms with Crippen LogP contribution in [0.5, 0.6) is 0 Å². The van der Waals surface area contributed by atoms with Gasteiger partial charge in [0, 0.05) is 29.9 Å². The molecule has 12 heteroatoms. The molecule has 0 saturated heterocycles. The molecule has 2 aromatic carbocycles. The molecule has 42 heavy (non-hydrogen) atoms. The molecule has 3 aromatic rings. The van der Waals surface area contributed by atoms with Gasteiger partial charge < -0.3 is 37.5 Å². The van der Waals surface area contributed by atoms with Gasteiger partial charge in [0.25, 0.3) is 0 Å². The summed E-state index contributed by atoms with van der Waals surface area (Å²) < 4.78 is 0. The van der Waals surface area contributed by atoms with Crippen LogP contribution in [-0.4, -0.2) is 63.9 Å². The zero-order chi connectivity index (χ0) is 30.8. The van der Waals surface area contributed by atoms with Gasteiger partial charge in [0.1, 0.15) is 18.1 Å². The highest BCUT2D eigenvalue weighted by Crippen LogP contribution is 2.19. The number of carboxylic acids is 1. The summed E-state index contributed by atoms with van der Waals surface area (Å²) >= 11 is 0. The Morgan fingerprint density at radius 2 is 1.43 bits per heavy atom. The van der Waals surface area contributed by atoms with Crippen LogP contribution in [0.15, 0.2) is 60.8 Å². The largest absolute Gasteiger partial charge is 0.480 e. The van der Waals surface area contributed by atoms with Crippen molar-refractivity contribution in [2.24, 2.45) is 17.4 Å². The number of fused-ring (bicyclic) bond motifs is 1. The van der Waals surface area contributed by atoms with Crippen molar-refractivity contribution >= 4 is 40.5 Å². The predicted molar refractivity (Wildman–Crippen MR) is 157 cm³/mol. The van der Waals surface area contributed by atoms with Crippen molar-refractivity contribution in [3.05, 3.63) is 71.9 Å². The highest BCUT2D eigenvalue weighted by Gasteiger charge is 2.32. The Hall–Kier alpha value is -4.71. The number of amides is 4. The summed E-state index contributed by atoms with van der Waals surface area (Å²) in [6.07, 6.45) is 1.75. The van der Waals surface area contributed by atoms with E-state index in [1.165, 1.54) is 0 Å². The fraction of sp³-hybridized carbons (Fsp3) is 0.367. The Kier molecular flexibility index (Phi) is 11.2. The lowest BCUT2D eigenvalue weighted by Crippen LogP contribution is -2.58. The summed E-state index contributed by atoms with van der Waals surface area (Å²) in [4.78, 5) is 66.5. The van der Waals surface area contributed by atoms with E-state index in [1.54, 1.807) is 36.5 Å². The molecule has 3 rings (SSSR count). The van der Waals surface area contributed by atoms with Gasteiger partial charge in [-0.25, -0.2) is 4.79 Å². The van der Waals surface area contributed by atoms with Crippen LogP contribution in [-0.2, 0) is 36.8 Å². The number of aromatic amines is 1. The number of carboxylic acid groups (broad SMARTS) is 1. The number of H-pyrrole nitrogens is 1. The Labute approximate surface area is 243 Å². The second kappa shape index (κ2) is 14.8. The summed E-state index contributed by atoms with van der Waals surface area (Å²) in [6.45, 7) is 3.71. The zero-order valence-corrected chi connectivity index (χ0v) is 23.6. The number of primary amides is 1. The van der Waals surface area contributed by atoms with E-state index in [-0.39, 0.29) is 18.8 Å². The van der Waals surface area contributed by atoms with Crippen LogP contribution in [0.1, 0.15) is 37.8 Å². The minimum atomic E-state index is -1.49. The summed E-state index contributed by atoms with van der Waals surface area (Å²) in [6, 6.07) is 11.4. The van der Waals surface area contributed by atoms with E-state index in [9.17, 15) is 29.1 Å². The van der Waals surface area contributed by atoms with Gasteiger partial charge in [0.15, 0.2) is 0 Å². The van der Waals surface area contributed by atoms with E-state index in [0.29, 0.717) is 12.0 Å². The van der Waals surface area contributed by atoms with Crippen LogP contribution in [0, 0.1) is 5.92 Å². The molecule has 5 unspecified atom stereocenters. The molecule has 12 nitrogen and oxygen atoms in total. The molecule has 0 aliphatic carbocycles. The molecule has 0 aliphatic rings. The van der Waals surface area contributed by atoms with E-state index in [4.69, 9.17) is 11.5 Å². The van der Waals surface area contributed by atoms with Crippen molar-refractivity contribution in [2.75, 3.05) is 0 Å². The van der Waals surface area contributed by atoms with Crippen molar-refractivity contribution < 1.29 is 29.1 Å². The second-order valence-corrected chi connectivity index (χ2v) is 10.4. The third-order valence-corrected chi connectivity index (χ3v) is 7.23. The van der Waals surface area contributed by atoms with Crippen molar-refractivity contribution in [1.82, 2.24) is 20.9 Å². The van der Waals surface area contributed by atoms with Gasteiger partial charge in [-0.1, -0.05) is 68.8 Å². The smallest absolute Gasteiger partial charge is 0.326 e. The highest BCUT2D eigenvalue weighted by atomic mass is 16.4. The first-order valence-corrected chi connectivity index (χ1v) is 13.8. The number of hydrogen-bond donors (Lipinski definition) is 7. The minimum absolute atomic E-state index is 0.0531. The molecule has 0 aliphatic heterocycles.